The Hall–Kier alpha value is -2.38. The second-order valence-electron chi connectivity index (χ2n) is 6.04. The second-order valence-corrected chi connectivity index (χ2v) is 7.55. The number of thioether (sulfide) groups is 1. The SMILES string of the molecule is COc1cc(C(=O)NCCSCc2ccc(C)cc2)cc(Cl)c1OCC(N)=O. The number of ether oxygens (including phenoxy) is 2. The summed E-state index contributed by atoms with van der Waals surface area (Å²) in [6, 6.07) is 11.4. The number of carbonyl (C=O) groups excluding carboxylic acids is 2. The van der Waals surface area contributed by atoms with Crippen molar-refractivity contribution in [3.8, 4) is 11.5 Å². The Morgan fingerprint density at radius 2 is 1.93 bits per heavy atom. The van der Waals surface area contributed by atoms with Crippen molar-refractivity contribution in [2.45, 2.75) is 12.7 Å². The minimum absolute atomic E-state index is 0.166. The third kappa shape index (κ3) is 6.65. The number of methoxy groups -OCH3 is 1. The molecule has 0 aliphatic heterocycles. The van der Waals surface area contributed by atoms with Gasteiger partial charge < -0.3 is 20.5 Å². The number of hydrogen-bond donors (Lipinski definition) is 2. The van der Waals surface area contributed by atoms with Gasteiger partial charge in [0.15, 0.2) is 18.1 Å². The van der Waals surface area contributed by atoms with Crippen LogP contribution in [0.3, 0.4) is 0 Å². The first-order valence-corrected chi connectivity index (χ1v) is 10.1. The highest BCUT2D eigenvalue weighted by Crippen LogP contribution is 2.36. The van der Waals surface area contributed by atoms with Crippen LogP contribution in [0.5, 0.6) is 11.5 Å². The molecule has 0 aliphatic carbocycles. The molecule has 0 aliphatic rings. The smallest absolute Gasteiger partial charge is 0.255 e. The predicted molar refractivity (Wildman–Crippen MR) is 112 cm³/mol. The summed E-state index contributed by atoms with van der Waals surface area (Å²) in [5.74, 6) is 1.20. The molecule has 150 valence electrons. The standard InChI is InChI=1S/C20H23ClN2O4S/c1-13-3-5-14(6-4-13)12-28-8-7-23-20(25)15-9-16(21)19(17(10-15)26-2)27-11-18(22)24/h3-6,9-10H,7-8,11-12H2,1-2H3,(H2,22,24)(H,23,25). The zero-order valence-corrected chi connectivity index (χ0v) is 17.4. The van der Waals surface area contributed by atoms with Crippen molar-refractivity contribution < 1.29 is 19.1 Å². The third-order valence-corrected chi connectivity index (χ3v) is 5.08. The minimum atomic E-state index is -0.636. The molecule has 28 heavy (non-hydrogen) atoms. The van der Waals surface area contributed by atoms with E-state index in [-0.39, 0.29) is 29.0 Å². The fourth-order valence-electron chi connectivity index (χ4n) is 2.35. The third-order valence-electron chi connectivity index (χ3n) is 3.77. The zero-order valence-electron chi connectivity index (χ0n) is 15.8. The summed E-state index contributed by atoms with van der Waals surface area (Å²) in [4.78, 5) is 23.2. The van der Waals surface area contributed by atoms with Gasteiger partial charge in [-0.3, -0.25) is 9.59 Å². The van der Waals surface area contributed by atoms with Gasteiger partial charge in [-0.25, -0.2) is 0 Å². The summed E-state index contributed by atoms with van der Waals surface area (Å²) >= 11 is 7.90. The molecule has 0 unspecified atom stereocenters. The van der Waals surface area contributed by atoms with Gasteiger partial charge in [0.25, 0.3) is 11.8 Å². The molecular formula is C20H23ClN2O4S. The molecule has 3 N–H and O–H groups in total. The fourth-order valence-corrected chi connectivity index (χ4v) is 3.43. The van der Waals surface area contributed by atoms with Crippen LogP contribution in [0.1, 0.15) is 21.5 Å². The molecular weight excluding hydrogens is 400 g/mol. The highest BCUT2D eigenvalue weighted by Gasteiger charge is 2.16. The summed E-state index contributed by atoms with van der Waals surface area (Å²) < 4.78 is 10.5. The average molecular weight is 423 g/mol. The number of aryl methyl sites for hydroxylation is 1. The molecule has 0 saturated heterocycles. The van der Waals surface area contributed by atoms with E-state index in [2.05, 4.69) is 36.5 Å². The molecule has 0 radical (unpaired) electrons. The van der Waals surface area contributed by atoms with Crippen molar-refractivity contribution in [3.63, 3.8) is 0 Å². The largest absolute Gasteiger partial charge is 0.493 e. The van der Waals surface area contributed by atoms with E-state index in [1.807, 2.05) is 0 Å². The first kappa shape index (κ1) is 21.9. The molecule has 0 saturated carbocycles. The van der Waals surface area contributed by atoms with Gasteiger partial charge in [0.05, 0.1) is 12.1 Å². The summed E-state index contributed by atoms with van der Waals surface area (Å²) in [5.41, 5.74) is 7.91. The maximum absolute atomic E-state index is 12.4. The first-order chi connectivity index (χ1) is 13.4. The number of amides is 2. The Bertz CT molecular complexity index is 828. The van der Waals surface area contributed by atoms with Gasteiger partial charge in [0.2, 0.25) is 0 Å². The second kappa shape index (κ2) is 10.8. The molecule has 0 aromatic heterocycles. The van der Waals surface area contributed by atoms with E-state index in [4.69, 9.17) is 26.8 Å². The molecule has 0 atom stereocenters. The number of carbonyl (C=O) groups is 2. The maximum atomic E-state index is 12.4. The average Bonchev–Trinajstić information content (AvgIpc) is 2.67. The normalized spacial score (nSPS) is 10.4. The number of benzene rings is 2. The monoisotopic (exact) mass is 422 g/mol. The maximum Gasteiger partial charge on any atom is 0.255 e. The number of rotatable bonds is 10. The predicted octanol–water partition coefficient (Wildman–Crippen LogP) is 3.18. The lowest BCUT2D eigenvalue weighted by atomic mass is 10.2. The molecule has 0 heterocycles. The Morgan fingerprint density at radius 1 is 1.21 bits per heavy atom. The van der Waals surface area contributed by atoms with Gasteiger partial charge in [-0.15, -0.1) is 0 Å². The van der Waals surface area contributed by atoms with Crippen molar-refractivity contribution >= 4 is 35.2 Å². The molecule has 2 aromatic rings. The van der Waals surface area contributed by atoms with E-state index in [1.165, 1.54) is 30.4 Å². The topological polar surface area (TPSA) is 90.7 Å². The number of primary amides is 1. The molecule has 2 amide bonds. The van der Waals surface area contributed by atoms with Gasteiger partial charge in [-0.2, -0.15) is 11.8 Å². The summed E-state index contributed by atoms with van der Waals surface area (Å²) in [6.45, 7) is 2.25. The molecule has 0 spiro atoms. The van der Waals surface area contributed by atoms with E-state index in [1.54, 1.807) is 11.8 Å². The molecule has 2 aromatic carbocycles. The lowest BCUT2D eigenvalue weighted by molar-refractivity contribution is -0.119. The highest BCUT2D eigenvalue weighted by molar-refractivity contribution is 7.98. The summed E-state index contributed by atoms with van der Waals surface area (Å²) in [5, 5.41) is 3.02. The van der Waals surface area contributed by atoms with E-state index < -0.39 is 5.91 Å². The zero-order chi connectivity index (χ0) is 20.5. The van der Waals surface area contributed by atoms with Crippen molar-refractivity contribution in [1.29, 1.82) is 0 Å². The van der Waals surface area contributed by atoms with E-state index in [0.717, 1.165) is 11.5 Å². The van der Waals surface area contributed by atoms with Crippen molar-refractivity contribution in [2.24, 2.45) is 5.73 Å². The van der Waals surface area contributed by atoms with E-state index in [9.17, 15) is 9.59 Å². The van der Waals surface area contributed by atoms with Gasteiger partial charge >= 0.3 is 0 Å². The van der Waals surface area contributed by atoms with Crippen LogP contribution in [0.25, 0.3) is 0 Å². The lowest BCUT2D eigenvalue weighted by Gasteiger charge is -2.13. The van der Waals surface area contributed by atoms with Crippen LogP contribution in [0.15, 0.2) is 36.4 Å². The first-order valence-electron chi connectivity index (χ1n) is 8.61. The van der Waals surface area contributed by atoms with Crippen LogP contribution in [0.4, 0.5) is 0 Å². The van der Waals surface area contributed by atoms with Crippen LogP contribution in [0, 0.1) is 6.92 Å². The quantitative estimate of drug-likeness (QED) is 0.574. The highest BCUT2D eigenvalue weighted by atomic mass is 35.5. The van der Waals surface area contributed by atoms with Crippen molar-refractivity contribution in [3.05, 3.63) is 58.1 Å². The van der Waals surface area contributed by atoms with E-state index in [0.29, 0.717) is 12.1 Å². The lowest BCUT2D eigenvalue weighted by Crippen LogP contribution is -2.26. The number of nitrogens with one attached hydrogen (secondary N) is 1. The van der Waals surface area contributed by atoms with Gasteiger partial charge in [0, 0.05) is 23.6 Å². The summed E-state index contributed by atoms with van der Waals surface area (Å²) in [6.07, 6.45) is 0. The van der Waals surface area contributed by atoms with Crippen molar-refractivity contribution in [2.75, 3.05) is 26.0 Å². The van der Waals surface area contributed by atoms with Gasteiger partial charge in [0.1, 0.15) is 0 Å². The van der Waals surface area contributed by atoms with Crippen LogP contribution >= 0.6 is 23.4 Å². The van der Waals surface area contributed by atoms with Crippen LogP contribution in [-0.4, -0.2) is 37.8 Å². The van der Waals surface area contributed by atoms with Crippen molar-refractivity contribution in [1.82, 2.24) is 5.32 Å². The Balaban J connectivity index is 1.86. The minimum Gasteiger partial charge on any atom is -0.493 e. The fraction of sp³-hybridized carbons (Fsp3) is 0.300. The molecule has 8 heteroatoms. The van der Waals surface area contributed by atoms with Crippen LogP contribution in [0.2, 0.25) is 5.02 Å². The molecule has 0 bridgehead atoms. The number of halogens is 1. The summed E-state index contributed by atoms with van der Waals surface area (Å²) in [7, 11) is 1.42. The van der Waals surface area contributed by atoms with Crippen LogP contribution < -0.4 is 20.5 Å². The Morgan fingerprint density at radius 3 is 2.57 bits per heavy atom. The Kier molecular flexibility index (Phi) is 8.47. The number of hydrogen-bond acceptors (Lipinski definition) is 5. The van der Waals surface area contributed by atoms with Gasteiger partial charge in [-0.05, 0) is 24.6 Å². The van der Waals surface area contributed by atoms with E-state index >= 15 is 0 Å². The molecule has 6 nitrogen and oxygen atoms in total. The Labute approximate surface area is 173 Å². The number of nitrogens with two attached hydrogens (primary N) is 1. The van der Waals surface area contributed by atoms with Crippen LogP contribution in [-0.2, 0) is 10.5 Å². The molecule has 0 fully saturated rings. The molecule has 2 rings (SSSR count). The van der Waals surface area contributed by atoms with Gasteiger partial charge in [-0.1, -0.05) is 41.4 Å².